The number of hydrogen-bond acceptors (Lipinski definition) is 6. The SMILES string of the molecule is OCC#Cc1csc(CSc2nnnn2C2CC2)c1. The molecular weight excluding hydrogens is 280 g/mol. The van der Waals surface area contributed by atoms with Gasteiger partial charge in [-0.3, -0.25) is 0 Å². The van der Waals surface area contributed by atoms with Crippen LogP contribution in [0.1, 0.15) is 29.3 Å². The molecule has 0 aliphatic heterocycles. The largest absolute Gasteiger partial charge is 0.384 e. The molecule has 98 valence electrons. The fourth-order valence-corrected chi connectivity index (χ4v) is 3.44. The number of thioether (sulfide) groups is 1. The predicted molar refractivity (Wildman–Crippen MR) is 73.9 cm³/mol. The van der Waals surface area contributed by atoms with Crippen molar-refractivity contribution < 1.29 is 5.11 Å². The van der Waals surface area contributed by atoms with Crippen LogP contribution in [0.3, 0.4) is 0 Å². The Bertz CT molecular complexity index is 621. The van der Waals surface area contributed by atoms with Crippen molar-refractivity contribution in [1.29, 1.82) is 0 Å². The molecule has 0 spiro atoms. The summed E-state index contributed by atoms with van der Waals surface area (Å²) in [6.07, 6.45) is 2.36. The summed E-state index contributed by atoms with van der Waals surface area (Å²) >= 11 is 3.32. The molecule has 0 atom stereocenters. The van der Waals surface area contributed by atoms with Crippen molar-refractivity contribution in [2.24, 2.45) is 0 Å². The van der Waals surface area contributed by atoms with Gasteiger partial charge in [-0.25, -0.2) is 4.68 Å². The first kappa shape index (κ1) is 12.7. The average Bonchev–Trinajstić information content (AvgIpc) is 3.00. The molecule has 1 aliphatic rings. The molecule has 0 amide bonds. The van der Waals surface area contributed by atoms with Crippen LogP contribution >= 0.6 is 23.1 Å². The number of aliphatic hydroxyl groups excluding tert-OH is 1. The molecule has 1 saturated carbocycles. The van der Waals surface area contributed by atoms with Gasteiger partial charge in [0.05, 0.1) is 6.04 Å². The normalized spacial score (nSPS) is 14.2. The van der Waals surface area contributed by atoms with Gasteiger partial charge in [-0.15, -0.1) is 16.4 Å². The van der Waals surface area contributed by atoms with E-state index in [0.717, 1.165) is 16.5 Å². The lowest BCUT2D eigenvalue weighted by atomic mass is 10.3. The van der Waals surface area contributed by atoms with E-state index in [0.29, 0.717) is 6.04 Å². The molecule has 1 fully saturated rings. The number of aliphatic hydroxyl groups is 1. The van der Waals surface area contributed by atoms with Crippen LogP contribution in [-0.2, 0) is 5.75 Å². The third-order valence-corrected chi connectivity index (χ3v) is 4.77. The Kier molecular flexibility index (Phi) is 3.82. The highest BCUT2D eigenvalue weighted by Gasteiger charge is 2.27. The van der Waals surface area contributed by atoms with Gasteiger partial charge in [-0.05, 0) is 29.3 Å². The van der Waals surface area contributed by atoms with E-state index in [1.54, 1.807) is 23.1 Å². The zero-order valence-corrected chi connectivity index (χ0v) is 11.7. The summed E-state index contributed by atoms with van der Waals surface area (Å²) in [4.78, 5) is 1.23. The van der Waals surface area contributed by atoms with Gasteiger partial charge < -0.3 is 5.11 Å². The van der Waals surface area contributed by atoms with Gasteiger partial charge in [0.2, 0.25) is 5.16 Å². The number of hydrogen-bond donors (Lipinski definition) is 1. The number of tetrazole rings is 1. The van der Waals surface area contributed by atoms with Crippen LogP contribution in [0.5, 0.6) is 0 Å². The van der Waals surface area contributed by atoms with Gasteiger partial charge in [-0.2, -0.15) is 0 Å². The second-order valence-corrected chi connectivity index (χ2v) is 6.13. The van der Waals surface area contributed by atoms with Crippen molar-refractivity contribution in [3.63, 3.8) is 0 Å². The maximum Gasteiger partial charge on any atom is 0.209 e. The summed E-state index contributed by atoms with van der Waals surface area (Å²) in [5, 5.41) is 23.4. The third kappa shape index (κ3) is 3.15. The molecule has 5 nitrogen and oxygen atoms in total. The Labute approximate surface area is 119 Å². The van der Waals surface area contributed by atoms with Gasteiger partial charge in [-0.1, -0.05) is 23.6 Å². The minimum absolute atomic E-state index is 0.101. The van der Waals surface area contributed by atoms with Crippen LogP contribution in [0, 0.1) is 11.8 Å². The number of thiophene rings is 1. The summed E-state index contributed by atoms with van der Waals surface area (Å²) in [7, 11) is 0. The van der Waals surface area contributed by atoms with Crippen LogP contribution in [0.4, 0.5) is 0 Å². The summed E-state index contributed by atoms with van der Waals surface area (Å²) in [5.74, 6) is 6.40. The first-order chi connectivity index (χ1) is 9.36. The van der Waals surface area contributed by atoms with Crippen molar-refractivity contribution in [3.05, 3.63) is 21.9 Å². The fourth-order valence-electron chi connectivity index (χ4n) is 1.63. The van der Waals surface area contributed by atoms with Crippen molar-refractivity contribution in [1.82, 2.24) is 20.2 Å². The van der Waals surface area contributed by atoms with E-state index in [2.05, 4.69) is 27.4 Å². The molecule has 19 heavy (non-hydrogen) atoms. The molecule has 7 heteroatoms. The highest BCUT2D eigenvalue weighted by Crippen LogP contribution is 2.37. The molecule has 0 unspecified atom stereocenters. The van der Waals surface area contributed by atoms with Crippen LogP contribution < -0.4 is 0 Å². The number of nitrogens with zero attached hydrogens (tertiary/aromatic N) is 4. The molecule has 0 bridgehead atoms. The van der Waals surface area contributed by atoms with E-state index >= 15 is 0 Å². The van der Waals surface area contributed by atoms with E-state index in [9.17, 15) is 0 Å². The van der Waals surface area contributed by atoms with E-state index in [-0.39, 0.29) is 6.61 Å². The molecule has 0 aromatic carbocycles. The zero-order chi connectivity index (χ0) is 13.1. The van der Waals surface area contributed by atoms with E-state index < -0.39 is 0 Å². The molecule has 2 aromatic heterocycles. The molecule has 2 heterocycles. The Morgan fingerprint density at radius 2 is 2.42 bits per heavy atom. The molecular formula is C12H12N4OS2. The topological polar surface area (TPSA) is 63.8 Å². The average molecular weight is 292 g/mol. The third-order valence-electron chi connectivity index (χ3n) is 2.66. The van der Waals surface area contributed by atoms with Crippen molar-refractivity contribution in [2.75, 3.05) is 6.61 Å². The standard InChI is InChI=1S/C12H12N4OS2/c17-5-1-2-9-6-11(18-7-9)8-19-12-13-14-15-16(12)10-3-4-10/h6-7,10,17H,3-5,8H2. The summed E-state index contributed by atoms with van der Waals surface area (Å²) in [6, 6.07) is 2.55. The highest BCUT2D eigenvalue weighted by molar-refractivity contribution is 7.98. The second kappa shape index (κ2) is 5.74. The van der Waals surface area contributed by atoms with E-state index in [4.69, 9.17) is 5.11 Å². The van der Waals surface area contributed by atoms with Gasteiger partial charge in [0.1, 0.15) is 6.61 Å². The lowest BCUT2D eigenvalue weighted by Gasteiger charge is -2.00. The van der Waals surface area contributed by atoms with Crippen LogP contribution in [0.2, 0.25) is 0 Å². The van der Waals surface area contributed by atoms with Crippen molar-refractivity contribution >= 4 is 23.1 Å². The minimum Gasteiger partial charge on any atom is -0.384 e. The summed E-state index contributed by atoms with van der Waals surface area (Å²) in [6.45, 7) is -0.101. The number of rotatable bonds is 4. The van der Waals surface area contributed by atoms with Crippen molar-refractivity contribution in [2.45, 2.75) is 29.8 Å². The van der Waals surface area contributed by atoms with Crippen molar-refractivity contribution in [3.8, 4) is 11.8 Å². The molecule has 1 N–H and O–H groups in total. The lowest BCUT2D eigenvalue weighted by molar-refractivity contribution is 0.350. The van der Waals surface area contributed by atoms with E-state index in [1.807, 2.05) is 16.1 Å². The molecule has 0 radical (unpaired) electrons. The van der Waals surface area contributed by atoms with E-state index in [1.165, 1.54) is 17.7 Å². The first-order valence-corrected chi connectivity index (χ1v) is 7.81. The van der Waals surface area contributed by atoms with Crippen LogP contribution in [-0.4, -0.2) is 31.9 Å². The quantitative estimate of drug-likeness (QED) is 0.686. The van der Waals surface area contributed by atoms with Crippen LogP contribution in [0.25, 0.3) is 0 Å². The molecule has 3 rings (SSSR count). The maximum absolute atomic E-state index is 8.65. The van der Waals surface area contributed by atoms with Gasteiger partial charge in [0.25, 0.3) is 0 Å². The zero-order valence-electron chi connectivity index (χ0n) is 10.1. The minimum atomic E-state index is -0.101. The Hall–Kier alpha value is -1.36. The van der Waals surface area contributed by atoms with Crippen LogP contribution in [0.15, 0.2) is 16.6 Å². The summed E-state index contributed by atoms with van der Waals surface area (Å²) in [5.41, 5.74) is 0.955. The molecule has 0 saturated heterocycles. The smallest absolute Gasteiger partial charge is 0.209 e. The fraction of sp³-hybridized carbons (Fsp3) is 0.417. The molecule has 1 aliphatic carbocycles. The van der Waals surface area contributed by atoms with Gasteiger partial charge in [0, 0.05) is 21.6 Å². The van der Waals surface area contributed by atoms with Gasteiger partial charge in [0.15, 0.2) is 0 Å². The highest BCUT2D eigenvalue weighted by atomic mass is 32.2. The Balaban J connectivity index is 1.62. The number of aromatic nitrogens is 4. The van der Waals surface area contributed by atoms with Gasteiger partial charge >= 0.3 is 0 Å². The Morgan fingerprint density at radius 1 is 1.53 bits per heavy atom. The predicted octanol–water partition coefficient (Wildman–Crippen LogP) is 1.71. The second-order valence-electron chi connectivity index (χ2n) is 4.19. The maximum atomic E-state index is 8.65. The molecule has 2 aromatic rings. The monoisotopic (exact) mass is 292 g/mol. The summed E-state index contributed by atoms with van der Waals surface area (Å²) < 4.78 is 1.92. The first-order valence-electron chi connectivity index (χ1n) is 5.94. The lowest BCUT2D eigenvalue weighted by Crippen LogP contribution is -1.98. The Morgan fingerprint density at radius 3 is 3.21 bits per heavy atom.